The Morgan fingerprint density at radius 2 is 2.00 bits per heavy atom. The SMILES string of the molecule is Cc1nn(-c2cccc(Cl)c2)nc1C(=O)Oc1ccc2c(c1)OCO2. The average molecular weight is 358 g/mol. The minimum absolute atomic E-state index is 0.123. The summed E-state index contributed by atoms with van der Waals surface area (Å²) in [7, 11) is 0. The van der Waals surface area contributed by atoms with Crippen molar-refractivity contribution in [3.63, 3.8) is 0 Å². The van der Waals surface area contributed by atoms with Crippen LogP contribution in [0, 0.1) is 6.92 Å². The highest BCUT2D eigenvalue weighted by Crippen LogP contribution is 2.35. The van der Waals surface area contributed by atoms with Gasteiger partial charge >= 0.3 is 5.97 Å². The summed E-state index contributed by atoms with van der Waals surface area (Å²) in [4.78, 5) is 13.8. The first-order chi connectivity index (χ1) is 12.1. The number of esters is 1. The Kier molecular flexibility index (Phi) is 3.77. The van der Waals surface area contributed by atoms with Crippen molar-refractivity contribution in [3.8, 4) is 22.9 Å². The van der Waals surface area contributed by atoms with Crippen LogP contribution >= 0.6 is 11.6 Å². The molecule has 0 amide bonds. The predicted molar refractivity (Wildman–Crippen MR) is 88.6 cm³/mol. The van der Waals surface area contributed by atoms with Crippen LogP contribution in [-0.4, -0.2) is 27.8 Å². The number of fused-ring (bicyclic) bond motifs is 1. The lowest BCUT2D eigenvalue weighted by molar-refractivity contribution is 0.0727. The number of hydrogen-bond donors (Lipinski definition) is 0. The van der Waals surface area contributed by atoms with Gasteiger partial charge in [0.15, 0.2) is 17.2 Å². The minimum Gasteiger partial charge on any atom is -0.454 e. The van der Waals surface area contributed by atoms with Crippen LogP contribution in [0.1, 0.15) is 16.2 Å². The second-order valence-corrected chi connectivity index (χ2v) is 5.74. The van der Waals surface area contributed by atoms with Crippen molar-refractivity contribution in [1.29, 1.82) is 0 Å². The number of nitrogens with zero attached hydrogens (tertiary/aromatic N) is 3. The van der Waals surface area contributed by atoms with Crippen molar-refractivity contribution < 1.29 is 19.0 Å². The predicted octanol–water partition coefficient (Wildman–Crippen LogP) is 3.18. The number of hydrogen-bond acceptors (Lipinski definition) is 6. The first-order valence-corrected chi connectivity index (χ1v) is 7.80. The summed E-state index contributed by atoms with van der Waals surface area (Å²) in [6, 6.07) is 11.9. The van der Waals surface area contributed by atoms with E-state index in [0.29, 0.717) is 33.7 Å². The van der Waals surface area contributed by atoms with Crippen LogP contribution in [0.25, 0.3) is 5.69 Å². The Balaban J connectivity index is 1.58. The van der Waals surface area contributed by atoms with Crippen LogP contribution in [0.15, 0.2) is 42.5 Å². The van der Waals surface area contributed by atoms with Crippen molar-refractivity contribution in [3.05, 3.63) is 58.9 Å². The molecule has 1 aliphatic heterocycles. The highest BCUT2D eigenvalue weighted by Gasteiger charge is 2.20. The van der Waals surface area contributed by atoms with Gasteiger partial charge in [0.2, 0.25) is 6.79 Å². The van der Waals surface area contributed by atoms with Gasteiger partial charge in [0, 0.05) is 11.1 Å². The van der Waals surface area contributed by atoms with E-state index in [0.717, 1.165) is 0 Å². The third kappa shape index (κ3) is 3.01. The van der Waals surface area contributed by atoms with Crippen molar-refractivity contribution >= 4 is 17.6 Å². The van der Waals surface area contributed by atoms with E-state index in [1.807, 2.05) is 0 Å². The number of aryl methyl sites for hydroxylation is 1. The smallest absolute Gasteiger partial charge is 0.366 e. The van der Waals surface area contributed by atoms with Gasteiger partial charge in [0.25, 0.3) is 0 Å². The zero-order valence-electron chi connectivity index (χ0n) is 13.1. The van der Waals surface area contributed by atoms with E-state index in [1.165, 1.54) is 4.80 Å². The molecule has 25 heavy (non-hydrogen) atoms. The number of rotatable bonds is 3. The molecule has 0 spiro atoms. The highest BCUT2D eigenvalue weighted by atomic mass is 35.5. The molecule has 1 aliphatic rings. The highest BCUT2D eigenvalue weighted by molar-refractivity contribution is 6.30. The molecular formula is C17H12ClN3O4. The minimum atomic E-state index is -0.607. The lowest BCUT2D eigenvalue weighted by atomic mass is 10.3. The molecule has 0 aliphatic carbocycles. The monoisotopic (exact) mass is 357 g/mol. The van der Waals surface area contributed by atoms with Gasteiger partial charge in [-0.15, -0.1) is 5.10 Å². The Hall–Kier alpha value is -3.06. The van der Waals surface area contributed by atoms with E-state index in [2.05, 4.69) is 10.2 Å². The zero-order chi connectivity index (χ0) is 17.4. The number of halogens is 1. The molecule has 0 saturated carbocycles. The van der Waals surface area contributed by atoms with Crippen molar-refractivity contribution in [2.45, 2.75) is 6.92 Å². The van der Waals surface area contributed by atoms with E-state index in [4.69, 9.17) is 25.8 Å². The number of aromatic nitrogens is 3. The fourth-order valence-electron chi connectivity index (χ4n) is 2.38. The van der Waals surface area contributed by atoms with Crippen LogP contribution in [0.5, 0.6) is 17.2 Å². The summed E-state index contributed by atoms with van der Waals surface area (Å²) in [5, 5.41) is 9.00. The van der Waals surface area contributed by atoms with Crippen molar-refractivity contribution in [1.82, 2.24) is 15.0 Å². The van der Waals surface area contributed by atoms with E-state index < -0.39 is 5.97 Å². The van der Waals surface area contributed by atoms with Crippen LogP contribution in [0.2, 0.25) is 5.02 Å². The molecule has 0 bridgehead atoms. The van der Waals surface area contributed by atoms with E-state index >= 15 is 0 Å². The largest absolute Gasteiger partial charge is 0.454 e. The van der Waals surface area contributed by atoms with Crippen LogP contribution in [0.4, 0.5) is 0 Å². The summed E-state index contributed by atoms with van der Waals surface area (Å²) >= 11 is 5.98. The third-order valence-corrected chi connectivity index (χ3v) is 3.80. The van der Waals surface area contributed by atoms with Gasteiger partial charge in [-0.05, 0) is 37.3 Å². The first kappa shape index (κ1) is 15.5. The molecule has 2 heterocycles. The summed E-state index contributed by atoms with van der Waals surface area (Å²) < 4.78 is 15.9. The first-order valence-electron chi connectivity index (χ1n) is 7.42. The second kappa shape index (κ2) is 6.10. The van der Waals surface area contributed by atoms with Gasteiger partial charge in [0.05, 0.1) is 11.4 Å². The van der Waals surface area contributed by atoms with Gasteiger partial charge < -0.3 is 14.2 Å². The Morgan fingerprint density at radius 1 is 1.16 bits per heavy atom. The molecule has 0 unspecified atom stereocenters. The Labute approximate surface area is 147 Å². The van der Waals surface area contributed by atoms with E-state index in [1.54, 1.807) is 49.4 Å². The maximum atomic E-state index is 12.4. The number of ether oxygens (including phenoxy) is 3. The molecule has 0 fully saturated rings. The van der Waals surface area contributed by atoms with Gasteiger partial charge in [-0.1, -0.05) is 17.7 Å². The molecule has 0 radical (unpaired) electrons. The summed E-state index contributed by atoms with van der Waals surface area (Å²) in [5.74, 6) is 0.878. The topological polar surface area (TPSA) is 75.5 Å². The summed E-state index contributed by atoms with van der Waals surface area (Å²) in [6.07, 6.45) is 0. The third-order valence-electron chi connectivity index (χ3n) is 3.57. The molecule has 7 nitrogen and oxygen atoms in total. The molecule has 0 saturated heterocycles. The molecular weight excluding hydrogens is 346 g/mol. The van der Waals surface area contributed by atoms with Gasteiger partial charge in [0.1, 0.15) is 5.75 Å². The maximum Gasteiger partial charge on any atom is 0.366 e. The normalized spacial score (nSPS) is 12.2. The standard InChI is InChI=1S/C17H12ClN3O4/c1-10-16(20-21(19-10)12-4-2-3-11(18)7-12)17(22)25-13-5-6-14-15(8-13)24-9-23-14/h2-8H,9H2,1H3. The van der Waals surface area contributed by atoms with Gasteiger partial charge in [-0.3, -0.25) is 0 Å². The second-order valence-electron chi connectivity index (χ2n) is 5.31. The molecule has 8 heteroatoms. The Bertz CT molecular complexity index is 970. The molecule has 126 valence electrons. The summed E-state index contributed by atoms with van der Waals surface area (Å²) in [6.45, 7) is 1.84. The van der Waals surface area contributed by atoms with Crippen LogP contribution < -0.4 is 14.2 Å². The molecule has 3 aromatic rings. The quantitative estimate of drug-likeness (QED) is 0.529. The van der Waals surface area contributed by atoms with E-state index in [-0.39, 0.29) is 12.5 Å². The lowest BCUT2D eigenvalue weighted by Gasteiger charge is -2.03. The molecule has 0 atom stereocenters. The average Bonchev–Trinajstić information content (AvgIpc) is 3.20. The van der Waals surface area contributed by atoms with Gasteiger partial charge in [-0.25, -0.2) is 4.79 Å². The fraction of sp³-hybridized carbons (Fsp3) is 0.118. The zero-order valence-corrected chi connectivity index (χ0v) is 13.9. The number of benzene rings is 2. The maximum absolute atomic E-state index is 12.4. The Morgan fingerprint density at radius 3 is 2.84 bits per heavy atom. The van der Waals surface area contributed by atoms with Gasteiger partial charge in [-0.2, -0.15) is 9.90 Å². The molecule has 4 rings (SSSR count). The fourth-order valence-corrected chi connectivity index (χ4v) is 2.56. The molecule has 2 aromatic carbocycles. The molecule has 1 aromatic heterocycles. The van der Waals surface area contributed by atoms with Crippen LogP contribution in [-0.2, 0) is 0 Å². The number of carbonyl (C=O) groups excluding carboxylic acids is 1. The summed E-state index contributed by atoms with van der Waals surface area (Å²) in [5.41, 5.74) is 1.22. The van der Waals surface area contributed by atoms with Crippen LogP contribution in [0.3, 0.4) is 0 Å². The lowest BCUT2D eigenvalue weighted by Crippen LogP contribution is -2.11. The van der Waals surface area contributed by atoms with Crippen molar-refractivity contribution in [2.24, 2.45) is 0 Å². The van der Waals surface area contributed by atoms with Crippen molar-refractivity contribution in [2.75, 3.05) is 6.79 Å². The molecule has 0 N–H and O–H groups in total. The van der Waals surface area contributed by atoms with E-state index in [9.17, 15) is 4.79 Å². The number of carbonyl (C=O) groups is 1.